The molecular formula is C25H29FN6O. The lowest BCUT2D eigenvalue weighted by Crippen LogP contribution is -2.40. The molecule has 0 unspecified atom stereocenters. The third-order valence-electron chi connectivity index (χ3n) is 5.93. The molecule has 4 rings (SSSR count). The molecule has 1 aliphatic heterocycles. The molecule has 1 aromatic carbocycles. The van der Waals surface area contributed by atoms with E-state index < -0.39 is 0 Å². The van der Waals surface area contributed by atoms with Crippen LogP contribution in [0.15, 0.2) is 55.0 Å². The molecule has 1 amide bonds. The molecule has 0 aliphatic carbocycles. The molecular weight excluding hydrogens is 419 g/mol. The number of hydrogen-bond donors (Lipinski definition) is 1. The van der Waals surface area contributed by atoms with E-state index in [9.17, 15) is 9.18 Å². The van der Waals surface area contributed by atoms with Crippen molar-refractivity contribution in [2.45, 2.75) is 32.1 Å². The number of para-hydroxylation sites is 1. The quantitative estimate of drug-likeness (QED) is 0.581. The van der Waals surface area contributed by atoms with Gasteiger partial charge in [0.2, 0.25) is 5.91 Å². The molecule has 1 atom stereocenters. The predicted octanol–water partition coefficient (Wildman–Crippen LogP) is 4.30. The fourth-order valence-electron chi connectivity index (χ4n) is 4.24. The highest BCUT2D eigenvalue weighted by Gasteiger charge is 2.26. The minimum Gasteiger partial charge on any atom is -0.372 e. The highest BCUT2D eigenvalue weighted by molar-refractivity contribution is 5.77. The Morgan fingerprint density at radius 2 is 2.12 bits per heavy atom. The van der Waals surface area contributed by atoms with Crippen molar-refractivity contribution in [1.29, 1.82) is 0 Å². The summed E-state index contributed by atoms with van der Waals surface area (Å²) in [5.41, 5.74) is 3.30. The monoisotopic (exact) mass is 448 g/mol. The number of rotatable bonds is 7. The second-order valence-corrected chi connectivity index (χ2v) is 8.44. The zero-order valence-electron chi connectivity index (χ0n) is 19.0. The molecule has 33 heavy (non-hydrogen) atoms. The summed E-state index contributed by atoms with van der Waals surface area (Å²) in [5, 5.41) is 3.28. The molecule has 172 valence electrons. The Bertz CT molecular complexity index is 1090. The number of anilines is 3. The summed E-state index contributed by atoms with van der Waals surface area (Å²) in [6.45, 7) is 3.82. The van der Waals surface area contributed by atoms with E-state index in [-0.39, 0.29) is 17.6 Å². The van der Waals surface area contributed by atoms with Gasteiger partial charge < -0.3 is 15.1 Å². The maximum atomic E-state index is 14.0. The summed E-state index contributed by atoms with van der Waals surface area (Å²) in [6, 6.07) is 10.6. The first-order valence-electron chi connectivity index (χ1n) is 11.2. The predicted molar refractivity (Wildman–Crippen MR) is 127 cm³/mol. The van der Waals surface area contributed by atoms with Gasteiger partial charge in [0.1, 0.15) is 11.6 Å². The SMILES string of the molecule is Cc1cc(Nc2cnccn2)cc([C@@H]2CCCN(C(=O)CCN(C)c3ccccc3F)C2)n1. The number of halogens is 1. The van der Waals surface area contributed by atoms with Crippen LogP contribution in [0.3, 0.4) is 0 Å². The van der Waals surface area contributed by atoms with Crippen LogP contribution in [0.4, 0.5) is 21.6 Å². The van der Waals surface area contributed by atoms with Crippen molar-refractivity contribution in [3.05, 3.63) is 72.2 Å². The number of likely N-dealkylation sites (tertiary alicyclic amines) is 1. The molecule has 3 aromatic rings. The van der Waals surface area contributed by atoms with Crippen molar-refractivity contribution in [3.8, 4) is 0 Å². The molecule has 0 bridgehead atoms. The molecule has 8 heteroatoms. The summed E-state index contributed by atoms with van der Waals surface area (Å²) in [4.78, 5) is 29.8. The number of hydrogen-bond acceptors (Lipinski definition) is 6. The molecule has 7 nitrogen and oxygen atoms in total. The van der Waals surface area contributed by atoms with Crippen LogP contribution in [0.5, 0.6) is 0 Å². The van der Waals surface area contributed by atoms with Crippen LogP contribution in [0.1, 0.15) is 36.6 Å². The van der Waals surface area contributed by atoms with Crippen molar-refractivity contribution in [2.75, 3.05) is 36.9 Å². The van der Waals surface area contributed by atoms with Gasteiger partial charge in [-0.2, -0.15) is 0 Å². The van der Waals surface area contributed by atoms with Gasteiger partial charge in [0, 0.05) is 68.5 Å². The number of benzene rings is 1. The third kappa shape index (κ3) is 5.83. The lowest BCUT2D eigenvalue weighted by atomic mass is 9.93. The minimum atomic E-state index is -0.276. The van der Waals surface area contributed by atoms with Gasteiger partial charge in [-0.25, -0.2) is 9.37 Å². The van der Waals surface area contributed by atoms with Gasteiger partial charge in [-0.3, -0.25) is 14.8 Å². The average molecular weight is 449 g/mol. The molecule has 1 saturated heterocycles. The topological polar surface area (TPSA) is 74.2 Å². The van der Waals surface area contributed by atoms with Crippen LogP contribution < -0.4 is 10.2 Å². The van der Waals surface area contributed by atoms with Crippen molar-refractivity contribution in [3.63, 3.8) is 0 Å². The standard InChI is InChI=1S/C25H29FN6O/c1-18-14-20(30-24-16-27-10-11-28-24)15-22(29-18)19-6-5-12-32(17-19)25(33)9-13-31(2)23-8-4-3-7-21(23)26/h3-4,7-8,10-11,14-16,19H,5-6,9,12-13,17H2,1-2H3,(H,28,29,30)/t19-/m1/s1. The first-order chi connectivity index (χ1) is 16.0. The fourth-order valence-corrected chi connectivity index (χ4v) is 4.24. The Morgan fingerprint density at radius 1 is 1.27 bits per heavy atom. The highest BCUT2D eigenvalue weighted by atomic mass is 19.1. The van der Waals surface area contributed by atoms with Crippen LogP contribution in [0, 0.1) is 12.7 Å². The van der Waals surface area contributed by atoms with E-state index in [2.05, 4.69) is 15.3 Å². The van der Waals surface area contributed by atoms with Crippen LogP contribution in [0.2, 0.25) is 0 Å². The number of piperidine rings is 1. The summed E-state index contributed by atoms with van der Waals surface area (Å²) in [6.07, 6.45) is 7.22. The zero-order valence-corrected chi connectivity index (χ0v) is 19.0. The summed E-state index contributed by atoms with van der Waals surface area (Å²) in [7, 11) is 1.81. The normalized spacial score (nSPS) is 15.8. The Balaban J connectivity index is 1.39. The van der Waals surface area contributed by atoms with E-state index in [0.717, 1.165) is 36.5 Å². The molecule has 0 saturated carbocycles. The van der Waals surface area contributed by atoms with Gasteiger partial charge in [0.15, 0.2) is 0 Å². The van der Waals surface area contributed by atoms with Gasteiger partial charge in [0.05, 0.1) is 11.9 Å². The van der Waals surface area contributed by atoms with Crippen molar-refractivity contribution >= 4 is 23.1 Å². The molecule has 3 heterocycles. The Kier molecular flexibility index (Phi) is 7.12. The molecule has 0 radical (unpaired) electrons. The number of nitrogens with zero attached hydrogens (tertiary/aromatic N) is 5. The van der Waals surface area contributed by atoms with E-state index >= 15 is 0 Å². The number of aromatic nitrogens is 3. The molecule has 1 aliphatic rings. The summed E-state index contributed by atoms with van der Waals surface area (Å²) in [5.74, 6) is 0.665. The zero-order chi connectivity index (χ0) is 23.2. The third-order valence-corrected chi connectivity index (χ3v) is 5.93. The smallest absolute Gasteiger partial charge is 0.224 e. The number of nitrogens with one attached hydrogen (secondary N) is 1. The van der Waals surface area contributed by atoms with E-state index in [1.165, 1.54) is 6.07 Å². The van der Waals surface area contributed by atoms with Gasteiger partial charge in [0.25, 0.3) is 0 Å². The van der Waals surface area contributed by atoms with Gasteiger partial charge >= 0.3 is 0 Å². The average Bonchev–Trinajstić information content (AvgIpc) is 2.83. The van der Waals surface area contributed by atoms with E-state index in [0.29, 0.717) is 31.0 Å². The Hall–Kier alpha value is -3.55. The van der Waals surface area contributed by atoms with Gasteiger partial charge in [-0.05, 0) is 44.0 Å². The summed E-state index contributed by atoms with van der Waals surface area (Å²) < 4.78 is 14.0. The lowest BCUT2D eigenvalue weighted by molar-refractivity contribution is -0.132. The first kappa shape index (κ1) is 22.6. The Morgan fingerprint density at radius 3 is 2.91 bits per heavy atom. The van der Waals surface area contributed by atoms with E-state index in [1.807, 2.05) is 31.0 Å². The van der Waals surface area contributed by atoms with Crippen LogP contribution in [0.25, 0.3) is 0 Å². The van der Waals surface area contributed by atoms with Crippen molar-refractivity contribution in [1.82, 2.24) is 19.9 Å². The van der Waals surface area contributed by atoms with E-state index in [1.54, 1.807) is 41.7 Å². The fraction of sp³-hybridized carbons (Fsp3) is 0.360. The first-order valence-corrected chi connectivity index (χ1v) is 11.2. The minimum absolute atomic E-state index is 0.0912. The second-order valence-electron chi connectivity index (χ2n) is 8.44. The van der Waals surface area contributed by atoms with Crippen LogP contribution >= 0.6 is 0 Å². The van der Waals surface area contributed by atoms with Gasteiger partial charge in [-0.1, -0.05) is 12.1 Å². The molecule has 0 spiro atoms. The highest BCUT2D eigenvalue weighted by Crippen LogP contribution is 2.29. The molecule has 1 N–H and O–H groups in total. The van der Waals surface area contributed by atoms with Gasteiger partial charge in [-0.15, -0.1) is 0 Å². The number of carbonyl (C=O) groups excluding carboxylic acids is 1. The lowest BCUT2D eigenvalue weighted by Gasteiger charge is -2.33. The Labute approximate surface area is 193 Å². The number of pyridine rings is 1. The number of aryl methyl sites for hydroxylation is 1. The second kappa shape index (κ2) is 10.4. The largest absolute Gasteiger partial charge is 0.372 e. The van der Waals surface area contributed by atoms with Crippen LogP contribution in [-0.4, -0.2) is 52.4 Å². The van der Waals surface area contributed by atoms with E-state index in [4.69, 9.17) is 4.98 Å². The molecule has 1 fully saturated rings. The maximum absolute atomic E-state index is 14.0. The van der Waals surface area contributed by atoms with Crippen LogP contribution in [-0.2, 0) is 4.79 Å². The van der Waals surface area contributed by atoms with Crippen molar-refractivity contribution < 1.29 is 9.18 Å². The summed E-state index contributed by atoms with van der Waals surface area (Å²) >= 11 is 0. The number of amides is 1. The van der Waals surface area contributed by atoms with Crippen molar-refractivity contribution in [2.24, 2.45) is 0 Å². The number of carbonyl (C=O) groups is 1. The maximum Gasteiger partial charge on any atom is 0.224 e. The molecule has 2 aromatic heterocycles.